The molecule has 0 spiro atoms. The van der Waals surface area contributed by atoms with Gasteiger partial charge in [0.05, 0.1) is 27.0 Å². The Kier molecular flexibility index (Phi) is 9.28. The first-order chi connectivity index (χ1) is 26.0. The Morgan fingerprint density at radius 2 is 1.44 bits per heavy atom. The highest BCUT2D eigenvalue weighted by molar-refractivity contribution is 7.08. The summed E-state index contributed by atoms with van der Waals surface area (Å²) >= 11 is 1.06. The number of hydrogen-bond donors (Lipinski definition) is 2. The molecular weight excluding hydrogens is 717 g/mol. The van der Waals surface area contributed by atoms with Gasteiger partial charge in [0.15, 0.2) is 11.5 Å². The van der Waals surface area contributed by atoms with E-state index in [2.05, 4.69) is 23.3 Å². The van der Waals surface area contributed by atoms with E-state index in [1.807, 2.05) is 27.7 Å². The smallest absolute Gasteiger partial charge is 0.335 e. The van der Waals surface area contributed by atoms with Crippen molar-refractivity contribution < 1.29 is 34.3 Å². The first-order valence-corrected chi connectivity index (χ1v) is 19.4. The fourth-order valence-corrected chi connectivity index (χ4v) is 9.15. The van der Waals surface area contributed by atoms with Crippen LogP contribution in [-0.2, 0) is 15.6 Å². The van der Waals surface area contributed by atoms with Crippen molar-refractivity contribution >= 4 is 57.8 Å². The molecule has 0 saturated carbocycles. The van der Waals surface area contributed by atoms with Crippen LogP contribution in [-0.4, -0.2) is 51.3 Å². The van der Waals surface area contributed by atoms with Crippen molar-refractivity contribution in [3.05, 3.63) is 134 Å². The minimum atomic E-state index is -1.03. The molecule has 2 aliphatic heterocycles. The normalized spacial score (nSPS) is 18.6. The molecule has 0 saturated heterocycles. The number of ketones is 1. The Morgan fingerprint density at radius 3 is 2.05 bits per heavy atom. The van der Waals surface area contributed by atoms with Gasteiger partial charge in [-0.1, -0.05) is 46.3 Å². The molecule has 282 valence electrons. The topological polar surface area (TPSA) is 155 Å². The van der Waals surface area contributed by atoms with E-state index in [-0.39, 0.29) is 32.7 Å². The fourth-order valence-electron chi connectivity index (χ4n) is 8.07. The summed E-state index contributed by atoms with van der Waals surface area (Å²) in [5.41, 5.74) is 2.97. The van der Waals surface area contributed by atoms with E-state index in [9.17, 15) is 39.3 Å². The third-order valence-corrected chi connectivity index (χ3v) is 12.4. The fraction of sp³-hybridized carbons (Fsp3) is 0.318. The zero-order chi connectivity index (χ0) is 39.7. The number of nitrogens with zero attached hydrogens (tertiary/aromatic N) is 2. The second-order valence-corrected chi connectivity index (χ2v) is 16.5. The Balaban J connectivity index is 1.30. The van der Waals surface area contributed by atoms with Crippen molar-refractivity contribution in [2.45, 2.75) is 78.1 Å². The Hall–Kier alpha value is -5.68. The van der Waals surface area contributed by atoms with Gasteiger partial charge in [-0.05, 0) is 74.4 Å². The molecule has 3 heterocycles. The summed E-state index contributed by atoms with van der Waals surface area (Å²) in [5, 5.41) is 33.0. The van der Waals surface area contributed by atoms with Crippen molar-refractivity contribution in [1.29, 1.82) is 0 Å². The number of aromatic carboxylic acids is 2. The predicted octanol–water partition coefficient (Wildman–Crippen LogP) is 4.51. The van der Waals surface area contributed by atoms with Gasteiger partial charge in [-0.2, -0.15) is 4.58 Å². The summed E-state index contributed by atoms with van der Waals surface area (Å²) in [6, 6.07) is 13.2. The van der Waals surface area contributed by atoms with Crippen LogP contribution in [0.2, 0.25) is 0 Å². The first kappa shape index (κ1) is 37.6. The molecule has 4 aromatic rings. The minimum Gasteiger partial charge on any atom is -0.871 e. The molecule has 1 aliphatic carbocycles. The molecule has 0 fully saturated rings. The van der Waals surface area contributed by atoms with Crippen molar-refractivity contribution in [3.63, 3.8) is 0 Å². The Labute approximate surface area is 321 Å². The number of hydrogen-bond acceptors (Lipinski definition) is 8. The zero-order valence-corrected chi connectivity index (χ0v) is 32.5. The molecule has 7 rings (SSSR count). The van der Waals surface area contributed by atoms with Crippen LogP contribution in [0.25, 0.3) is 11.6 Å². The van der Waals surface area contributed by atoms with Crippen LogP contribution in [0.1, 0.15) is 99.1 Å². The van der Waals surface area contributed by atoms with Crippen LogP contribution >= 0.6 is 11.3 Å². The number of allylic oxidation sites excluding steroid dienone is 4. The van der Waals surface area contributed by atoms with E-state index >= 15 is 0 Å². The molecule has 0 unspecified atom stereocenters. The van der Waals surface area contributed by atoms with Crippen molar-refractivity contribution in [3.8, 4) is 0 Å². The summed E-state index contributed by atoms with van der Waals surface area (Å²) in [5.74, 6) is -2.91. The summed E-state index contributed by atoms with van der Waals surface area (Å²) < 4.78 is 2.82. The number of carbonyl (C=O) groups excluding carboxylic acids is 1. The van der Waals surface area contributed by atoms with Gasteiger partial charge in [0.25, 0.3) is 0 Å². The second kappa shape index (κ2) is 13.6. The van der Waals surface area contributed by atoms with E-state index in [1.165, 1.54) is 0 Å². The van der Waals surface area contributed by atoms with Crippen LogP contribution < -0.4 is 30.6 Å². The second-order valence-electron chi connectivity index (χ2n) is 15.5. The van der Waals surface area contributed by atoms with E-state index in [1.54, 1.807) is 60.7 Å². The number of anilines is 1. The average molecular weight is 759 g/mol. The number of rotatable bonds is 10. The van der Waals surface area contributed by atoms with Crippen molar-refractivity contribution in [2.75, 3.05) is 18.0 Å². The van der Waals surface area contributed by atoms with Crippen molar-refractivity contribution in [2.24, 2.45) is 0 Å². The Bertz CT molecular complexity index is 2740. The quantitative estimate of drug-likeness (QED) is 0.222. The lowest BCUT2D eigenvalue weighted by atomic mass is 9.80. The van der Waals surface area contributed by atoms with Gasteiger partial charge in [0.2, 0.25) is 16.5 Å². The molecule has 2 N–H and O–H groups in total. The molecule has 0 bridgehead atoms. The van der Waals surface area contributed by atoms with Crippen LogP contribution in [0.5, 0.6) is 0 Å². The molecule has 0 atom stereocenters. The molecule has 3 aliphatic rings. The van der Waals surface area contributed by atoms with Gasteiger partial charge in [0.1, 0.15) is 6.54 Å². The molecule has 1 aromatic heterocycles. The highest BCUT2D eigenvalue weighted by Crippen LogP contribution is 2.49. The number of benzene rings is 2. The van der Waals surface area contributed by atoms with Gasteiger partial charge in [-0.15, -0.1) is 11.3 Å². The average Bonchev–Trinajstić information content (AvgIpc) is 3.75. The predicted molar refractivity (Wildman–Crippen MR) is 210 cm³/mol. The number of unbranched alkanes of at least 4 members (excludes halogenated alkanes) is 2. The standard InChI is InChI=1S/C44H42N2O8S/c1-7-9-17-45-29-13-11-23(41(51)52)19-27(29)43(3,4)33(45)21-25-37(47)35(38(25)48)31-15-16-32(55-31)36-39(49)26(40(36)50)22-34-44(5,6)28-20-24(42(53)54)12-14-30(28)46(34)18-10-8-2/h11-16,19-22H,7-10,17-18H2,1-6H3,(H2-,47,48,51,52,53,54). The van der Waals surface area contributed by atoms with Crippen LogP contribution in [0, 0.1) is 9.75 Å². The van der Waals surface area contributed by atoms with E-state index < -0.39 is 45.2 Å². The number of carboxylic acid groups (broad SMARTS) is 2. The summed E-state index contributed by atoms with van der Waals surface area (Å²) in [7, 11) is 0. The van der Waals surface area contributed by atoms with E-state index in [4.69, 9.17) is 0 Å². The molecule has 0 amide bonds. The third kappa shape index (κ3) is 5.83. The summed E-state index contributed by atoms with van der Waals surface area (Å²) in [6.45, 7) is 13.2. The number of fused-ring (bicyclic) bond motifs is 2. The lowest BCUT2D eigenvalue weighted by Gasteiger charge is -2.32. The first-order valence-electron chi connectivity index (χ1n) is 18.6. The van der Waals surface area contributed by atoms with Crippen LogP contribution in [0.4, 0.5) is 11.4 Å². The maximum atomic E-state index is 13.6. The number of Topliss-reactive ketones (excluding diaryl/α,β-unsaturated/α-hetero) is 1. The lowest BCUT2D eigenvalue weighted by Crippen LogP contribution is -2.51. The van der Waals surface area contributed by atoms with Gasteiger partial charge in [0, 0.05) is 67.7 Å². The largest absolute Gasteiger partial charge is 0.871 e. The summed E-state index contributed by atoms with van der Waals surface area (Å²) in [6.07, 6.45) is 6.80. The highest BCUT2D eigenvalue weighted by atomic mass is 32.1. The SMILES string of the molecule is CCCCN1C(=CC2=C([O-])C(=c3ccc(=c4c(=O)c(=CC5=[N+](CCCC)c6ccc(C(=O)O)cc6C5(C)C)c4=O)s3)C2=O)C(C)(C)c2cc(C(=O)O)ccc21. The highest BCUT2D eigenvalue weighted by Gasteiger charge is 2.45. The third-order valence-electron chi connectivity index (χ3n) is 11.3. The van der Waals surface area contributed by atoms with Crippen LogP contribution in [0.15, 0.2) is 81.2 Å². The number of carbonyl (C=O) groups is 3. The van der Waals surface area contributed by atoms with Gasteiger partial charge >= 0.3 is 11.9 Å². The zero-order valence-electron chi connectivity index (χ0n) is 31.7. The molecule has 55 heavy (non-hydrogen) atoms. The van der Waals surface area contributed by atoms with Gasteiger partial charge < -0.3 is 20.2 Å². The molecule has 0 radical (unpaired) electrons. The lowest BCUT2D eigenvalue weighted by molar-refractivity contribution is -0.437. The van der Waals surface area contributed by atoms with E-state index in [0.717, 1.165) is 70.9 Å². The molecule has 11 heteroatoms. The number of thiophene rings is 1. The molecule has 10 nitrogen and oxygen atoms in total. The molecule has 3 aromatic carbocycles. The monoisotopic (exact) mass is 758 g/mol. The molecular formula is C44H42N2O8S. The van der Waals surface area contributed by atoms with E-state index in [0.29, 0.717) is 22.2 Å². The van der Waals surface area contributed by atoms with Gasteiger partial charge in [-0.25, -0.2) is 9.59 Å². The summed E-state index contributed by atoms with van der Waals surface area (Å²) in [4.78, 5) is 66.5. The van der Waals surface area contributed by atoms with Gasteiger partial charge in [-0.3, -0.25) is 14.4 Å². The number of carboxylic acids is 2. The maximum Gasteiger partial charge on any atom is 0.335 e. The minimum absolute atomic E-state index is 0.00796. The van der Waals surface area contributed by atoms with Crippen molar-refractivity contribution in [1.82, 2.24) is 0 Å². The Morgan fingerprint density at radius 1 is 0.818 bits per heavy atom. The van der Waals surface area contributed by atoms with Crippen LogP contribution in [0.3, 0.4) is 0 Å². The maximum absolute atomic E-state index is 13.6.